The SMILES string of the molecule is O=S(=O)(N[C@@H]1CCN(CCCc2noc3ccccc23)C1)c1csc2ccccc12. The molecule has 2 aromatic heterocycles. The molecule has 0 amide bonds. The molecule has 3 heterocycles. The summed E-state index contributed by atoms with van der Waals surface area (Å²) in [6.45, 7) is 2.55. The molecule has 1 atom stereocenters. The van der Waals surface area contributed by atoms with E-state index < -0.39 is 10.0 Å². The highest BCUT2D eigenvalue weighted by Gasteiger charge is 2.28. The molecule has 0 saturated carbocycles. The monoisotopic (exact) mass is 441 g/mol. The van der Waals surface area contributed by atoms with Crippen molar-refractivity contribution in [3.05, 3.63) is 59.6 Å². The van der Waals surface area contributed by atoms with Crippen LogP contribution in [0.5, 0.6) is 0 Å². The fraction of sp³-hybridized carbons (Fsp3) is 0.318. The molecule has 0 spiro atoms. The Morgan fingerprint density at radius 2 is 1.93 bits per heavy atom. The highest BCUT2D eigenvalue weighted by Crippen LogP contribution is 2.29. The maximum Gasteiger partial charge on any atom is 0.242 e. The molecule has 30 heavy (non-hydrogen) atoms. The van der Waals surface area contributed by atoms with Gasteiger partial charge in [0.2, 0.25) is 10.0 Å². The van der Waals surface area contributed by atoms with Gasteiger partial charge in [-0.15, -0.1) is 11.3 Å². The van der Waals surface area contributed by atoms with Gasteiger partial charge in [0.15, 0.2) is 5.58 Å². The van der Waals surface area contributed by atoms with Crippen molar-refractivity contribution >= 4 is 42.4 Å². The number of fused-ring (bicyclic) bond motifs is 2. The number of sulfonamides is 1. The van der Waals surface area contributed by atoms with Crippen molar-refractivity contribution in [1.82, 2.24) is 14.8 Å². The summed E-state index contributed by atoms with van der Waals surface area (Å²) in [6.07, 6.45) is 2.64. The fourth-order valence-corrected chi connectivity index (χ4v) is 6.93. The average Bonchev–Trinajstić information content (AvgIpc) is 3.46. The predicted octanol–water partition coefficient (Wildman–Crippen LogP) is 4.03. The topological polar surface area (TPSA) is 75.4 Å². The van der Waals surface area contributed by atoms with Crippen LogP contribution in [-0.4, -0.2) is 44.2 Å². The van der Waals surface area contributed by atoms with E-state index in [1.807, 2.05) is 48.5 Å². The van der Waals surface area contributed by atoms with Gasteiger partial charge in [0, 0.05) is 33.4 Å². The number of nitrogens with one attached hydrogen (secondary N) is 1. The zero-order valence-electron chi connectivity index (χ0n) is 16.5. The molecule has 8 heteroatoms. The van der Waals surface area contributed by atoms with Crippen molar-refractivity contribution in [2.24, 2.45) is 0 Å². The van der Waals surface area contributed by atoms with E-state index in [4.69, 9.17) is 4.52 Å². The van der Waals surface area contributed by atoms with Crippen LogP contribution in [0.15, 0.2) is 63.3 Å². The van der Waals surface area contributed by atoms with Crippen molar-refractivity contribution in [3.8, 4) is 0 Å². The average molecular weight is 442 g/mol. The molecule has 1 fully saturated rings. The van der Waals surface area contributed by atoms with Gasteiger partial charge in [-0.05, 0) is 50.6 Å². The van der Waals surface area contributed by atoms with E-state index in [9.17, 15) is 8.42 Å². The number of benzene rings is 2. The lowest BCUT2D eigenvalue weighted by atomic mass is 10.1. The second-order valence-corrected chi connectivity index (χ2v) is 10.3. The number of para-hydroxylation sites is 1. The third-order valence-electron chi connectivity index (χ3n) is 5.67. The van der Waals surface area contributed by atoms with Crippen LogP contribution in [0.25, 0.3) is 21.1 Å². The Bertz CT molecular complexity index is 1280. The van der Waals surface area contributed by atoms with Crippen LogP contribution in [0.3, 0.4) is 0 Å². The summed E-state index contributed by atoms with van der Waals surface area (Å²) in [5, 5.41) is 7.80. The molecule has 1 aliphatic rings. The van der Waals surface area contributed by atoms with Crippen LogP contribution in [-0.2, 0) is 16.4 Å². The highest BCUT2D eigenvalue weighted by atomic mass is 32.2. The standard InChI is InChI=1S/C22H23N3O3S2/c26-30(27,22-15-29-21-10-4-2-7-18(21)22)24-16-11-13-25(14-16)12-5-8-19-17-6-1-3-9-20(17)28-23-19/h1-4,6-7,9-10,15-16,24H,5,8,11-14H2/t16-/m1/s1. The van der Waals surface area contributed by atoms with Crippen LogP contribution in [0, 0.1) is 0 Å². The fourth-order valence-electron chi connectivity index (χ4n) is 4.16. The van der Waals surface area contributed by atoms with Gasteiger partial charge in [0.1, 0.15) is 4.90 Å². The van der Waals surface area contributed by atoms with Gasteiger partial charge >= 0.3 is 0 Å². The van der Waals surface area contributed by atoms with Crippen LogP contribution >= 0.6 is 11.3 Å². The van der Waals surface area contributed by atoms with Gasteiger partial charge in [-0.2, -0.15) is 0 Å². The first-order chi connectivity index (χ1) is 14.6. The number of aromatic nitrogens is 1. The van der Waals surface area contributed by atoms with Crippen LogP contribution in [0.2, 0.25) is 0 Å². The van der Waals surface area contributed by atoms with Crippen molar-refractivity contribution in [3.63, 3.8) is 0 Å². The number of rotatable bonds is 7. The van der Waals surface area contributed by atoms with Gasteiger partial charge in [-0.3, -0.25) is 0 Å². The molecule has 1 N–H and O–H groups in total. The number of likely N-dealkylation sites (tertiary alicyclic amines) is 1. The van der Waals surface area contributed by atoms with E-state index in [2.05, 4.69) is 14.8 Å². The Morgan fingerprint density at radius 3 is 2.83 bits per heavy atom. The van der Waals surface area contributed by atoms with Crippen LogP contribution in [0.1, 0.15) is 18.5 Å². The third-order valence-corrected chi connectivity index (χ3v) is 8.34. The largest absolute Gasteiger partial charge is 0.356 e. The molecular formula is C22H23N3O3S2. The van der Waals surface area contributed by atoms with Crippen LogP contribution in [0.4, 0.5) is 0 Å². The number of hydrogen-bond acceptors (Lipinski definition) is 6. The lowest BCUT2D eigenvalue weighted by Crippen LogP contribution is -2.37. The van der Waals surface area contributed by atoms with Crippen molar-refractivity contribution in [1.29, 1.82) is 0 Å². The van der Waals surface area contributed by atoms with E-state index in [-0.39, 0.29) is 6.04 Å². The summed E-state index contributed by atoms with van der Waals surface area (Å²) < 4.78 is 35.1. The first-order valence-electron chi connectivity index (χ1n) is 10.1. The maximum absolute atomic E-state index is 12.9. The normalized spacial score (nSPS) is 17.9. The summed E-state index contributed by atoms with van der Waals surface area (Å²) in [7, 11) is -3.52. The molecule has 5 rings (SSSR count). The molecule has 0 bridgehead atoms. The Kier molecular flexibility index (Phi) is 5.32. The van der Waals surface area contributed by atoms with Crippen molar-refractivity contribution < 1.29 is 12.9 Å². The quantitative estimate of drug-likeness (QED) is 0.469. The second kappa shape index (κ2) is 8.11. The summed E-state index contributed by atoms with van der Waals surface area (Å²) >= 11 is 1.47. The number of hydrogen-bond donors (Lipinski definition) is 1. The first-order valence-corrected chi connectivity index (χ1v) is 12.5. The molecule has 2 aromatic carbocycles. The van der Waals surface area contributed by atoms with E-state index >= 15 is 0 Å². The molecular weight excluding hydrogens is 418 g/mol. The second-order valence-electron chi connectivity index (χ2n) is 7.73. The smallest absolute Gasteiger partial charge is 0.242 e. The lowest BCUT2D eigenvalue weighted by Gasteiger charge is -2.16. The molecule has 6 nitrogen and oxygen atoms in total. The van der Waals surface area contributed by atoms with Gasteiger partial charge in [-0.25, -0.2) is 13.1 Å². The number of thiophene rings is 1. The van der Waals surface area contributed by atoms with Crippen molar-refractivity contribution in [2.75, 3.05) is 19.6 Å². The molecule has 4 aromatic rings. The van der Waals surface area contributed by atoms with Gasteiger partial charge < -0.3 is 9.42 Å². The van der Waals surface area contributed by atoms with Crippen molar-refractivity contribution in [2.45, 2.75) is 30.2 Å². The molecule has 0 unspecified atom stereocenters. The number of aryl methyl sites for hydroxylation is 1. The predicted molar refractivity (Wildman–Crippen MR) is 119 cm³/mol. The maximum atomic E-state index is 12.9. The van der Waals surface area contributed by atoms with E-state index in [1.54, 1.807) is 5.38 Å². The Balaban J connectivity index is 1.17. The minimum atomic E-state index is -3.52. The third kappa shape index (κ3) is 3.88. The molecule has 1 aliphatic heterocycles. The van der Waals surface area contributed by atoms with Gasteiger partial charge in [0.05, 0.1) is 5.69 Å². The highest BCUT2D eigenvalue weighted by molar-refractivity contribution is 7.90. The van der Waals surface area contributed by atoms with Gasteiger partial charge in [-0.1, -0.05) is 35.5 Å². The van der Waals surface area contributed by atoms with Crippen LogP contribution < -0.4 is 4.72 Å². The Labute approximate surface area is 179 Å². The minimum absolute atomic E-state index is 0.0541. The Hall–Kier alpha value is -2.26. The molecule has 156 valence electrons. The molecule has 0 radical (unpaired) electrons. The minimum Gasteiger partial charge on any atom is -0.356 e. The number of nitrogens with zero attached hydrogens (tertiary/aromatic N) is 2. The molecule has 1 saturated heterocycles. The van der Waals surface area contributed by atoms with Gasteiger partial charge in [0.25, 0.3) is 0 Å². The van der Waals surface area contributed by atoms with E-state index in [1.165, 1.54) is 11.3 Å². The summed E-state index contributed by atoms with van der Waals surface area (Å²) in [5.74, 6) is 0. The summed E-state index contributed by atoms with van der Waals surface area (Å²) in [5.41, 5.74) is 1.82. The Morgan fingerprint density at radius 1 is 1.13 bits per heavy atom. The van der Waals surface area contributed by atoms with E-state index in [0.29, 0.717) is 4.90 Å². The zero-order valence-corrected chi connectivity index (χ0v) is 18.1. The molecule has 0 aliphatic carbocycles. The lowest BCUT2D eigenvalue weighted by molar-refractivity contribution is 0.326. The zero-order chi connectivity index (χ0) is 20.6. The summed E-state index contributed by atoms with van der Waals surface area (Å²) in [4.78, 5) is 2.71. The first kappa shape index (κ1) is 19.7. The van der Waals surface area contributed by atoms with E-state index in [0.717, 1.165) is 65.6 Å². The summed E-state index contributed by atoms with van der Waals surface area (Å²) in [6, 6.07) is 15.5.